The van der Waals surface area contributed by atoms with E-state index in [1.165, 1.54) is 0 Å². The minimum atomic E-state index is 0.00806. The first-order valence-corrected chi connectivity index (χ1v) is 5.29. The summed E-state index contributed by atoms with van der Waals surface area (Å²) in [6.45, 7) is 2.63. The van der Waals surface area contributed by atoms with E-state index in [9.17, 15) is 4.79 Å². The normalized spacial score (nSPS) is 21.9. The molecule has 0 spiro atoms. The van der Waals surface area contributed by atoms with Gasteiger partial charge in [-0.2, -0.15) is 0 Å². The van der Waals surface area contributed by atoms with E-state index in [1.807, 2.05) is 0 Å². The van der Waals surface area contributed by atoms with Gasteiger partial charge < -0.3 is 16.0 Å². The third-order valence-electron chi connectivity index (χ3n) is 3.17. The number of carbonyl (C=O) groups excluding carboxylic acids is 1. The molecule has 4 heteroatoms. The SMILES string of the molecule is CNC(=O)[C@@H](CN)C1CCN(C)CC1. The van der Waals surface area contributed by atoms with Crippen molar-refractivity contribution >= 4 is 5.91 Å². The Morgan fingerprint density at radius 3 is 2.57 bits per heavy atom. The molecule has 3 N–H and O–H groups in total. The van der Waals surface area contributed by atoms with Crippen LogP contribution in [0, 0.1) is 11.8 Å². The van der Waals surface area contributed by atoms with E-state index in [4.69, 9.17) is 5.73 Å². The number of nitrogens with zero attached hydrogens (tertiary/aromatic N) is 1. The molecule has 82 valence electrons. The molecule has 4 nitrogen and oxygen atoms in total. The van der Waals surface area contributed by atoms with Crippen molar-refractivity contribution in [2.24, 2.45) is 17.6 Å². The van der Waals surface area contributed by atoms with E-state index in [1.54, 1.807) is 7.05 Å². The summed E-state index contributed by atoms with van der Waals surface area (Å²) in [5, 5.41) is 2.69. The number of hydrogen-bond donors (Lipinski definition) is 2. The highest BCUT2D eigenvalue weighted by atomic mass is 16.1. The lowest BCUT2D eigenvalue weighted by Gasteiger charge is -2.32. The summed E-state index contributed by atoms with van der Waals surface area (Å²) in [5.74, 6) is 0.576. The van der Waals surface area contributed by atoms with Crippen molar-refractivity contribution in [1.29, 1.82) is 0 Å². The fraction of sp³-hybridized carbons (Fsp3) is 0.900. The van der Waals surface area contributed by atoms with E-state index in [0.29, 0.717) is 12.5 Å². The van der Waals surface area contributed by atoms with E-state index < -0.39 is 0 Å². The van der Waals surface area contributed by atoms with Crippen LogP contribution in [0.1, 0.15) is 12.8 Å². The molecule has 1 aliphatic heterocycles. The standard InChI is InChI=1S/C10H21N3O/c1-12-10(14)9(7-11)8-3-5-13(2)6-4-8/h8-9H,3-7,11H2,1-2H3,(H,12,14)/t9-/m0/s1. The first kappa shape index (κ1) is 11.5. The molecule has 1 saturated heterocycles. The van der Waals surface area contributed by atoms with Crippen molar-refractivity contribution in [3.8, 4) is 0 Å². The topological polar surface area (TPSA) is 58.4 Å². The molecule has 1 rings (SSSR count). The zero-order chi connectivity index (χ0) is 10.6. The zero-order valence-corrected chi connectivity index (χ0v) is 9.12. The van der Waals surface area contributed by atoms with Crippen LogP contribution in [0.4, 0.5) is 0 Å². The highest BCUT2D eigenvalue weighted by Crippen LogP contribution is 2.23. The van der Waals surface area contributed by atoms with Gasteiger partial charge in [0, 0.05) is 13.6 Å². The maximum Gasteiger partial charge on any atom is 0.224 e. The Morgan fingerprint density at radius 1 is 1.57 bits per heavy atom. The van der Waals surface area contributed by atoms with Crippen molar-refractivity contribution in [3.05, 3.63) is 0 Å². The van der Waals surface area contributed by atoms with Crippen LogP contribution in [0.3, 0.4) is 0 Å². The third-order valence-corrected chi connectivity index (χ3v) is 3.17. The summed E-state index contributed by atoms with van der Waals surface area (Å²) in [6.07, 6.45) is 2.18. The second kappa shape index (κ2) is 5.32. The number of nitrogens with one attached hydrogen (secondary N) is 1. The number of likely N-dealkylation sites (tertiary alicyclic amines) is 1. The number of carbonyl (C=O) groups is 1. The second-order valence-corrected chi connectivity index (χ2v) is 4.10. The first-order chi connectivity index (χ1) is 6.69. The van der Waals surface area contributed by atoms with Gasteiger partial charge in [-0.1, -0.05) is 0 Å². The van der Waals surface area contributed by atoms with Crippen molar-refractivity contribution < 1.29 is 4.79 Å². The number of piperidine rings is 1. The van der Waals surface area contributed by atoms with Gasteiger partial charge in [0.1, 0.15) is 0 Å². The van der Waals surface area contributed by atoms with Crippen molar-refractivity contribution in [2.75, 3.05) is 33.7 Å². The quantitative estimate of drug-likeness (QED) is 0.653. The molecule has 0 saturated carbocycles. The fourth-order valence-electron chi connectivity index (χ4n) is 2.13. The smallest absolute Gasteiger partial charge is 0.224 e. The molecule has 14 heavy (non-hydrogen) atoms. The van der Waals surface area contributed by atoms with Gasteiger partial charge in [-0.05, 0) is 38.9 Å². The van der Waals surface area contributed by atoms with Gasteiger partial charge in [0.2, 0.25) is 5.91 Å². The van der Waals surface area contributed by atoms with Crippen LogP contribution in [0.5, 0.6) is 0 Å². The number of rotatable bonds is 3. The fourth-order valence-corrected chi connectivity index (χ4v) is 2.13. The predicted octanol–water partition coefficient (Wildman–Crippen LogP) is -0.351. The molecule has 1 atom stereocenters. The average molecular weight is 199 g/mol. The van der Waals surface area contributed by atoms with Gasteiger partial charge in [-0.25, -0.2) is 0 Å². The maximum absolute atomic E-state index is 11.5. The van der Waals surface area contributed by atoms with E-state index >= 15 is 0 Å². The minimum absolute atomic E-state index is 0.00806. The Morgan fingerprint density at radius 2 is 2.14 bits per heavy atom. The van der Waals surface area contributed by atoms with Gasteiger partial charge in [0.15, 0.2) is 0 Å². The lowest BCUT2D eigenvalue weighted by atomic mass is 9.84. The second-order valence-electron chi connectivity index (χ2n) is 4.10. The van der Waals surface area contributed by atoms with Crippen molar-refractivity contribution in [1.82, 2.24) is 10.2 Å². The zero-order valence-electron chi connectivity index (χ0n) is 9.12. The van der Waals surface area contributed by atoms with Gasteiger partial charge in [-0.15, -0.1) is 0 Å². The largest absolute Gasteiger partial charge is 0.359 e. The van der Waals surface area contributed by atoms with Crippen LogP contribution in [-0.2, 0) is 4.79 Å². The number of nitrogens with two attached hydrogens (primary N) is 1. The Labute approximate surface area is 85.8 Å². The molecule has 0 aromatic rings. The third kappa shape index (κ3) is 2.69. The highest BCUT2D eigenvalue weighted by molar-refractivity contribution is 5.78. The van der Waals surface area contributed by atoms with Gasteiger partial charge in [-0.3, -0.25) is 4.79 Å². The molecule has 0 aromatic carbocycles. The monoisotopic (exact) mass is 199 g/mol. The van der Waals surface area contributed by atoms with Crippen LogP contribution in [0.25, 0.3) is 0 Å². The summed E-state index contributed by atoms with van der Waals surface area (Å²) in [6, 6.07) is 0. The molecule has 0 aliphatic carbocycles. The van der Waals surface area contributed by atoms with E-state index in [2.05, 4.69) is 17.3 Å². The summed E-state index contributed by atoms with van der Waals surface area (Å²) in [7, 11) is 3.80. The van der Waals surface area contributed by atoms with Crippen LogP contribution in [0.15, 0.2) is 0 Å². The molecule has 0 bridgehead atoms. The Kier molecular flexibility index (Phi) is 4.35. The molecule has 0 radical (unpaired) electrons. The summed E-state index contributed by atoms with van der Waals surface area (Å²) >= 11 is 0. The molecular weight excluding hydrogens is 178 g/mol. The summed E-state index contributed by atoms with van der Waals surface area (Å²) in [5.41, 5.74) is 5.64. The van der Waals surface area contributed by atoms with Crippen LogP contribution in [-0.4, -0.2) is 44.5 Å². The average Bonchev–Trinajstić information content (AvgIpc) is 2.21. The van der Waals surface area contributed by atoms with Crippen molar-refractivity contribution in [3.63, 3.8) is 0 Å². The Bertz CT molecular complexity index is 188. The van der Waals surface area contributed by atoms with Crippen LogP contribution in [0.2, 0.25) is 0 Å². The molecular formula is C10H21N3O. The Balaban J connectivity index is 2.48. The molecule has 0 unspecified atom stereocenters. The predicted molar refractivity (Wildman–Crippen MR) is 56.8 cm³/mol. The highest BCUT2D eigenvalue weighted by Gasteiger charge is 2.28. The molecule has 1 fully saturated rings. The number of amides is 1. The Hall–Kier alpha value is -0.610. The van der Waals surface area contributed by atoms with E-state index in [-0.39, 0.29) is 11.8 Å². The van der Waals surface area contributed by atoms with Gasteiger partial charge in [0.25, 0.3) is 0 Å². The number of hydrogen-bond acceptors (Lipinski definition) is 3. The molecule has 1 aliphatic rings. The lowest BCUT2D eigenvalue weighted by Crippen LogP contribution is -2.42. The minimum Gasteiger partial charge on any atom is -0.359 e. The lowest BCUT2D eigenvalue weighted by molar-refractivity contribution is -0.126. The molecule has 0 aromatic heterocycles. The van der Waals surface area contributed by atoms with Crippen molar-refractivity contribution in [2.45, 2.75) is 12.8 Å². The molecule has 1 amide bonds. The first-order valence-electron chi connectivity index (χ1n) is 5.29. The van der Waals surface area contributed by atoms with Gasteiger partial charge >= 0.3 is 0 Å². The summed E-state index contributed by atoms with van der Waals surface area (Å²) in [4.78, 5) is 13.8. The van der Waals surface area contributed by atoms with E-state index in [0.717, 1.165) is 25.9 Å². The maximum atomic E-state index is 11.5. The molecule has 1 heterocycles. The van der Waals surface area contributed by atoms with Crippen LogP contribution >= 0.6 is 0 Å². The van der Waals surface area contributed by atoms with Gasteiger partial charge in [0.05, 0.1) is 5.92 Å². The van der Waals surface area contributed by atoms with Crippen LogP contribution < -0.4 is 11.1 Å². The summed E-state index contributed by atoms with van der Waals surface area (Å²) < 4.78 is 0.